The predicted octanol–water partition coefficient (Wildman–Crippen LogP) is 0.104. The molecule has 2 heterocycles. The van der Waals surface area contributed by atoms with Crippen molar-refractivity contribution in [3.8, 4) is 5.75 Å². The van der Waals surface area contributed by atoms with Gasteiger partial charge in [-0.15, -0.1) is 0 Å². The summed E-state index contributed by atoms with van der Waals surface area (Å²) in [4.78, 5) is 25.9. The van der Waals surface area contributed by atoms with Crippen LogP contribution in [-0.2, 0) is 19.4 Å². The van der Waals surface area contributed by atoms with Crippen LogP contribution in [0.2, 0.25) is 0 Å². The Balaban J connectivity index is 1.71. The van der Waals surface area contributed by atoms with Crippen molar-refractivity contribution in [2.24, 2.45) is 0 Å². The second-order valence-corrected chi connectivity index (χ2v) is 8.05. The summed E-state index contributed by atoms with van der Waals surface area (Å²) in [5.74, 6) is -0.0602. The number of anilines is 1. The summed E-state index contributed by atoms with van der Waals surface area (Å²) in [7, 11) is -3.06. The number of para-hydroxylation sites is 2. The molecule has 1 N–H and O–H groups in total. The van der Waals surface area contributed by atoms with Gasteiger partial charge >= 0.3 is 0 Å². The zero-order valence-corrected chi connectivity index (χ0v) is 13.5. The molecule has 2 amide bonds. The third-order valence-electron chi connectivity index (χ3n) is 3.97. The van der Waals surface area contributed by atoms with E-state index in [1.54, 1.807) is 31.2 Å². The van der Waals surface area contributed by atoms with Crippen molar-refractivity contribution >= 4 is 27.3 Å². The van der Waals surface area contributed by atoms with Gasteiger partial charge in [-0.3, -0.25) is 14.5 Å². The van der Waals surface area contributed by atoms with Crippen LogP contribution in [-0.4, -0.2) is 50.4 Å². The number of carbonyl (C=O) groups is 2. The number of fused-ring (bicyclic) bond motifs is 1. The Labute approximate surface area is 134 Å². The van der Waals surface area contributed by atoms with Crippen molar-refractivity contribution < 1.29 is 22.7 Å². The number of benzene rings is 1. The lowest BCUT2D eigenvalue weighted by atomic mass is 10.2. The Kier molecular flexibility index (Phi) is 4.01. The number of hydrogen-bond acceptors (Lipinski definition) is 5. The number of amides is 2. The van der Waals surface area contributed by atoms with Gasteiger partial charge in [0.25, 0.3) is 5.91 Å². The number of hydrogen-bond donors (Lipinski definition) is 1. The molecule has 2 aliphatic heterocycles. The zero-order valence-electron chi connectivity index (χ0n) is 12.7. The molecule has 0 bridgehead atoms. The minimum Gasteiger partial charge on any atom is -0.479 e. The van der Waals surface area contributed by atoms with Crippen molar-refractivity contribution in [1.29, 1.82) is 0 Å². The second kappa shape index (κ2) is 5.84. The minimum absolute atomic E-state index is 0.0389. The third kappa shape index (κ3) is 3.31. The summed E-state index contributed by atoms with van der Waals surface area (Å²) in [6.07, 6.45) is -0.248. The molecule has 0 radical (unpaired) electrons. The molecule has 2 aliphatic rings. The molecule has 0 aromatic heterocycles. The molecule has 3 rings (SSSR count). The van der Waals surface area contributed by atoms with E-state index >= 15 is 0 Å². The summed E-state index contributed by atoms with van der Waals surface area (Å²) in [5.41, 5.74) is 0.546. The van der Waals surface area contributed by atoms with Crippen LogP contribution in [0.1, 0.15) is 13.3 Å². The van der Waals surface area contributed by atoms with Gasteiger partial charge < -0.3 is 10.1 Å². The number of nitrogens with zero attached hydrogens (tertiary/aromatic N) is 1. The highest BCUT2D eigenvalue weighted by atomic mass is 32.2. The minimum atomic E-state index is -3.06. The van der Waals surface area contributed by atoms with Gasteiger partial charge in [-0.1, -0.05) is 12.1 Å². The average molecular weight is 338 g/mol. The van der Waals surface area contributed by atoms with Gasteiger partial charge in [0.1, 0.15) is 12.3 Å². The summed E-state index contributed by atoms with van der Waals surface area (Å²) in [5, 5.41) is 2.70. The predicted molar refractivity (Wildman–Crippen MR) is 84.1 cm³/mol. The largest absolute Gasteiger partial charge is 0.479 e. The molecule has 2 unspecified atom stereocenters. The molecule has 0 spiro atoms. The zero-order chi connectivity index (χ0) is 16.6. The summed E-state index contributed by atoms with van der Waals surface area (Å²) in [6, 6.07) is 6.64. The summed E-state index contributed by atoms with van der Waals surface area (Å²) in [6.45, 7) is 1.48. The highest BCUT2D eigenvalue weighted by molar-refractivity contribution is 7.91. The Morgan fingerprint density at radius 2 is 2.13 bits per heavy atom. The molecule has 23 heavy (non-hydrogen) atoms. The molecular formula is C15H18N2O5S. The normalized spacial score (nSPS) is 25.6. The van der Waals surface area contributed by atoms with Gasteiger partial charge in [-0.05, 0) is 25.5 Å². The molecular weight excluding hydrogens is 320 g/mol. The first-order valence-corrected chi connectivity index (χ1v) is 9.25. The maximum Gasteiger partial charge on any atom is 0.268 e. The van der Waals surface area contributed by atoms with E-state index in [1.807, 2.05) is 0 Å². The van der Waals surface area contributed by atoms with E-state index in [0.717, 1.165) is 0 Å². The van der Waals surface area contributed by atoms with Gasteiger partial charge in [0, 0.05) is 6.04 Å². The number of carbonyl (C=O) groups excluding carboxylic acids is 2. The van der Waals surface area contributed by atoms with E-state index in [1.165, 1.54) is 4.90 Å². The van der Waals surface area contributed by atoms with Crippen molar-refractivity contribution in [2.75, 3.05) is 23.0 Å². The van der Waals surface area contributed by atoms with Crippen LogP contribution in [0.5, 0.6) is 5.75 Å². The van der Waals surface area contributed by atoms with E-state index < -0.39 is 15.9 Å². The molecule has 0 saturated carbocycles. The third-order valence-corrected chi connectivity index (χ3v) is 5.74. The van der Waals surface area contributed by atoms with Crippen molar-refractivity contribution in [3.63, 3.8) is 0 Å². The Morgan fingerprint density at radius 3 is 2.83 bits per heavy atom. The van der Waals surface area contributed by atoms with E-state index in [-0.39, 0.29) is 35.9 Å². The Bertz CT molecular complexity index is 746. The highest BCUT2D eigenvalue weighted by Gasteiger charge is 2.34. The van der Waals surface area contributed by atoms with Crippen molar-refractivity contribution in [1.82, 2.24) is 5.32 Å². The average Bonchev–Trinajstić information content (AvgIpc) is 2.82. The van der Waals surface area contributed by atoms with Gasteiger partial charge in [0.15, 0.2) is 15.9 Å². The Morgan fingerprint density at radius 1 is 1.39 bits per heavy atom. The second-order valence-electron chi connectivity index (χ2n) is 5.82. The van der Waals surface area contributed by atoms with Gasteiger partial charge in [-0.25, -0.2) is 8.42 Å². The lowest BCUT2D eigenvalue weighted by molar-refractivity contribution is -0.128. The standard InChI is InChI=1S/C15H18N2O5S/c1-10-15(19)17(12-4-2-3-5-13(12)22-10)8-14(18)16-11-6-7-23(20,21)9-11/h2-5,10-11H,6-9H2,1H3,(H,16,18). The van der Waals surface area contributed by atoms with Crippen molar-refractivity contribution in [3.05, 3.63) is 24.3 Å². The van der Waals surface area contributed by atoms with Crippen LogP contribution >= 0.6 is 0 Å². The van der Waals surface area contributed by atoms with Crippen LogP contribution in [0, 0.1) is 0 Å². The molecule has 7 nitrogen and oxygen atoms in total. The van der Waals surface area contributed by atoms with Crippen LogP contribution in [0.15, 0.2) is 24.3 Å². The molecule has 8 heteroatoms. The molecule has 1 aromatic rings. The first-order valence-electron chi connectivity index (χ1n) is 7.42. The van der Waals surface area contributed by atoms with Crippen LogP contribution < -0.4 is 15.0 Å². The first-order chi connectivity index (χ1) is 10.9. The quantitative estimate of drug-likeness (QED) is 0.844. The lowest BCUT2D eigenvalue weighted by Gasteiger charge is -2.32. The monoisotopic (exact) mass is 338 g/mol. The van der Waals surface area contributed by atoms with Gasteiger partial charge in [0.05, 0.1) is 17.2 Å². The van der Waals surface area contributed by atoms with E-state index in [9.17, 15) is 18.0 Å². The van der Waals surface area contributed by atoms with Crippen LogP contribution in [0.3, 0.4) is 0 Å². The molecule has 1 saturated heterocycles. The van der Waals surface area contributed by atoms with E-state index in [4.69, 9.17) is 4.74 Å². The SMILES string of the molecule is CC1Oc2ccccc2N(CC(=O)NC2CCS(=O)(=O)C2)C1=O. The first kappa shape index (κ1) is 15.8. The maximum atomic E-state index is 12.3. The molecule has 1 aromatic carbocycles. The maximum absolute atomic E-state index is 12.3. The summed E-state index contributed by atoms with van der Waals surface area (Å²) >= 11 is 0. The molecule has 1 fully saturated rings. The smallest absolute Gasteiger partial charge is 0.268 e. The highest BCUT2D eigenvalue weighted by Crippen LogP contribution is 2.33. The number of rotatable bonds is 3. The van der Waals surface area contributed by atoms with E-state index in [0.29, 0.717) is 17.9 Å². The van der Waals surface area contributed by atoms with Crippen molar-refractivity contribution in [2.45, 2.75) is 25.5 Å². The van der Waals surface area contributed by atoms with Gasteiger partial charge in [-0.2, -0.15) is 0 Å². The summed E-state index contributed by atoms with van der Waals surface area (Å²) < 4.78 is 28.4. The lowest BCUT2D eigenvalue weighted by Crippen LogP contribution is -2.50. The van der Waals surface area contributed by atoms with Gasteiger partial charge in [0.2, 0.25) is 5.91 Å². The molecule has 2 atom stereocenters. The fourth-order valence-electron chi connectivity index (χ4n) is 2.85. The molecule has 124 valence electrons. The van der Waals surface area contributed by atoms with Crippen LogP contribution in [0.25, 0.3) is 0 Å². The number of sulfone groups is 1. The Hall–Kier alpha value is -2.09. The van der Waals surface area contributed by atoms with Crippen LogP contribution in [0.4, 0.5) is 5.69 Å². The fraction of sp³-hybridized carbons (Fsp3) is 0.467. The number of ether oxygens (including phenoxy) is 1. The van der Waals surface area contributed by atoms with E-state index in [2.05, 4.69) is 5.32 Å². The molecule has 0 aliphatic carbocycles. The number of nitrogens with one attached hydrogen (secondary N) is 1. The fourth-order valence-corrected chi connectivity index (χ4v) is 4.52. The topological polar surface area (TPSA) is 92.8 Å².